The summed E-state index contributed by atoms with van der Waals surface area (Å²) >= 11 is 6.23. The van der Waals surface area contributed by atoms with Crippen LogP contribution in [-0.4, -0.2) is 68.7 Å². The Bertz CT molecular complexity index is 1090. The molecule has 0 aliphatic carbocycles. The normalized spacial score (nSPS) is 15.3. The van der Waals surface area contributed by atoms with E-state index in [4.69, 9.17) is 16.3 Å². The number of aromatic nitrogens is 1. The number of benzene rings is 1. The maximum Gasteiger partial charge on any atom is 0.404 e. The molecule has 37 heavy (non-hydrogen) atoms. The van der Waals surface area contributed by atoms with Crippen molar-refractivity contribution in [1.82, 2.24) is 15.2 Å². The maximum absolute atomic E-state index is 13.7. The summed E-state index contributed by atoms with van der Waals surface area (Å²) in [7, 11) is 4.67. The smallest absolute Gasteiger partial charge is 0.404 e. The average molecular weight is 541 g/mol. The average Bonchev–Trinajstić information content (AvgIpc) is 2.86. The fraction of sp³-hybridized carbons (Fsp3) is 0.500. The highest BCUT2D eigenvalue weighted by Gasteiger charge is 2.46. The lowest BCUT2D eigenvalue weighted by Crippen LogP contribution is -2.38. The molecule has 0 bridgehead atoms. The quantitative estimate of drug-likeness (QED) is 0.361. The third kappa shape index (κ3) is 7.50. The van der Waals surface area contributed by atoms with Crippen LogP contribution < -0.4 is 15.0 Å². The molecular weight excluding hydrogens is 509 g/mol. The number of carbonyl (C=O) groups excluding carboxylic acids is 2. The summed E-state index contributed by atoms with van der Waals surface area (Å²) in [6.45, 7) is 1.69. The number of nitrogens with zero attached hydrogens (tertiary/aromatic N) is 3. The first-order valence-electron chi connectivity index (χ1n) is 12.1. The number of rotatable bonds is 9. The molecule has 1 aliphatic rings. The Hall–Kier alpha value is -3.01. The molecule has 7 nitrogen and oxygen atoms in total. The Labute approximate surface area is 219 Å². The van der Waals surface area contributed by atoms with Crippen LogP contribution in [0.3, 0.4) is 0 Å². The van der Waals surface area contributed by atoms with Gasteiger partial charge in [-0.2, -0.15) is 13.2 Å². The first-order valence-corrected chi connectivity index (χ1v) is 12.5. The summed E-state index contributed by atoms with van der Waals surface area (Å²) < 4.78 is 46.0. The van der Waals surface area contributed by atoms with E-state index in [0.717, 1.165) is 32.4 Å². The standard InChI is InChI=1S/C26H32ClF3N4O3/c1-33(2)25(36)20-9-10-21(32-23(20)27)34-14-11-17(12-15-34)6-5-13-31-24(35)22(26(28,29)30)18-7-4-8-19(16-18)37-3/h4,7-10,16-17,22H,5-6,11-15H2,1-3H3,(H,31,35). The number of halogens is 4. The summed E-state index contributed by atoms with van der Waals surface area (Å²) in [5.41, 5.74) is 0.205. The van der Waals surface area contributed by atoms with E-state index in [1.54, 1.807) is 26.2 Å². The minimum Gasteiger partial charge on any atom is -0.497 e. The van der Waals surface area contributed by atoms with Gasteiger partial charge < -0.3 is 19.9 Å². The zero-order chi connectivity index (χ0) is 27.2. The summed E-state index contributed by atoms with van der Waals surface area (Å²) in [5, 5.41) is 2.63. The number of anilines is 1. The topological polar surface area (TPSA) is 74.8 Å². The molecule has 0 spiro atoms. The van der Waals surface area contributed by atoms with E-state index in [9.17, 15) is 22.8 Å². The molecule has 2 heterocycles. The molecule has 1 aromatic heterocycles. The Morgan fingerprint density at radius 2 is 1.92 bits per heavy atom. The lowest BCUT2D eigenvalue weighted by molar-refractivity contribution is -0.165. The van der Waals surface area contributed by atoms with Gasteiger partial charge >= 0.3 is 6.18 Å². The Balaban J connectivity index is 1.47. The number of methoxy groups -OCH3 is 1. The highest BCUT2D eigenvalue weighted by atomic mass is 35.5. The molecule has 1 atom stereocenters. The lowest BCUT2D eigenvalue weighted by Gasteiger charge is -2.33. The van der Waals surface area contributed by atoms with E-state index in [2.05, 4.69) is 15.2 Å². The molecule has 2 aromatic rings. The molecule has 11 heteroatoms. The SMILES string of the molecule is COc1cccc(C(C(=O)NCCCC2CCN(c3ccc(C(=O)N(C)C)c(Cl)n3)CC2)C(F)(F)F)c1. The molecule has 1 N–H and O–H groups in total. The van der Waals surface area contributed by atoms with Gasteiger partial charge in [0.1, 0.15) is 16.7 Å². The molecule has 2 amide bonds. The van der Waals surface area contributed by atoms with Crippen LogP contribution in [0.1, 0.15) is 47.5 Å². The van der Waals surface area contributed by atoms with E-state index in [1.165, 1.54) is 36.3 Å². The van der Waals surface area contributed by atoms with Crippen LogP contribution >= 0.6 is 11.6 Å². The molecule has 202 valence electrons. The molecule has 1 unspecified atom stereocenters. The van der Waals surface area contributed by atoms with Crippen LogP contribution in [0, 0.1) is 5.92 Å². The van der Waals surface area contributed by atoms with Crippen molar-refractivity contribution in [3.8, 4) is 5.75 Å². The van der Waals surface area contributed by atoms with Crippen molar-refractivity contribution >= 4 is 29.2 Å². The predicted molar refractivity (Wildman–Crippen MR) is 136 cm³/mol. The van der Waals surface area contributed by atoms with Crippen molar-refractivity contribution in [2.75, 3.05) is 45.7 Å². The van der Waals surface area contributed by atoms with Gasteiger partial charge in [-0.1, -0.05) is 23.7 Å². The van der Waals surface area contributed by atoms with Crippen LogP contribution in [0.2, 0.25) is 5.15 Å². The Morgan fingerprint density at radius 3 is 2.51 bits per heavy atom. The summed E-state index contributed by atoms with van der Waals surface area (Å²) in [6, 6.07) is 8.96. The third-order valence-corrected chi connectivity index (χ3v) is 6.80. The summed E-state index contributed by atoms with van der Waals surface area (Å²) in [4.78, 5) is 32.5. The Kier molecular flexibility index (Phi) is 9.64. The van der Waals surface area contributed by atoms with Crippen molar-refractivity contribution in [2.24, 2.45) is 5.92 Å². The number of carbonyl (C=O) groups is 2. The van der Waals surface area contributed by atoms with Gasteiger partial charge in [0, 0.05) is 33.7 Å². The van der Waals surface area contributed by atoms with Crippen LogP contribution in [-0.2, 0) is 4.79 Å². The summed E-state index contributed by atoms with van der Waals surface area (Å²) in [5.74, 6) is -2.14. The van der Waals surface area contributed by atoms with Crippen LogP contribution in [0.25, 0.3) is 0 Å². The number of ether oxygens (including phenoxy) is 1. The summed E-state index contributed by atoms with van der Waals surface area (Å²) in [6.07, 6.45) is -1.54. The van der Waals surface area contributed by atoms with Crippen molar-refractivity contribution in [2.45, 2.75) is 37.8 Å². The van der Waals surface area contributed by atoms with E-state index in [0.29, 0.717) is 23.7 Å². The monoisotopic (exact) mass is 540 g/mol. The van der Waals surface area contributed by atoms with Gasteiger partial charge in [0.2, 0.25) is 5.91 Å². The zero-order valence-electron chi connectivity index (χ0n) is 21.1. The first-order chi connectivity index (χ1) is 17.5. The number of piperidine rings is 1. The van der Waals surface area contributed by atoms with Gasteiger partial charge in [0.25, 0.3) is 5.91 Å². The van der Waals surface area contributed by atoms with Crippen molar-refractivity contribution < 1.29 is 27.5 Å². The largest absolute Gasteiger partial charge is 0.497 e. The maximum atomic E-state index is 13.7. The second-order valence-corrected chi connectivity index (χ2v) is 9.68. The fourth-order valence-corrected chi connectivity index (χ4v) is 4.70. The third-order valence-electron chi connectivity index (χ3n) is 6.51. The van der Waals surface area contributed by atoms with Gasteiger partial charge in [-0.25, -0.2) is 4.98 Å². The van der Waals surface area contributed by atoms with E-state index >= 15 is 0 Å². The molecule has 3 rings (SSSR count). The van der Waals surface area contributed by atoms with Gasteiger partial charge in [0.15, 0.2) is 5.92 Å². The number of amides is 2. The second-order valence-electron chi connectivity index (χ2n) is 9.32. The van der Waals surface area contributed by atoms with Gasteiger partial charge in [-0.15, -0.1) is 0 Å². The van der Waals surface area contributed by atoms with Crippen LogP contribution in [0.4, 0.5) is 19.0 Å². The molecule has 1 saturated heterocycles. The number of alkyl halides is 3. The predicted octanol–water partition coefficient (Wildman–Crippen LogP) is 4.90. The van der Waals surface area contributed by atoms with Gasteiger partial charge in [-0.3, -0.25) is 9.59 Å². The second kappa shape index (κ2) is 12.5. The number of nitrogens with one attached hydrogen (secondary N) is 1. The van der Waals surface area contributed by atoms with Crippen molar-refractivity contribution in [3.05, 3.63) is 52.7 Å². The van der Waals surface area contributed by atoms with Crippen LogP contribution in [0.5, 0.6) is 5.75 Å². The molecule has 0 radical (unpaired) electrons. The minimum atomic E-state index is -4.71. The van der Waals surface area contributed by atoms with E-state index in [1.807, 2.05) is 0 Å². The fourth-order valence-electron chi connectivity index (χ4n) is 4.47. The minimum absolute atomic E-state index is 0.149. The highest BCUT2D eigenvalue weighted by molar-refractivity contribution is 6.32. The number of hydrogen-bond donors (Lipinski definition) is 1. The molecule has 1 aromatic carbocycles. The van der Waals surface area contributed by atoms with Crippen molar-refractivity contribution in [3.63, 3.8) is 0 Å². The molecular formula is C26H32ClF3N4O3. The van der Waals surface area contributed by atoms with Gasteiger partial charge in [-0.05, 0) is 61.4 Å². The molecule has 1 aliphatic heterocycles. The van der Waals surface area contributed by atoms with Gasteiger partial charge in [0.05, 0.1) is 12.7 Å². The first kappa shape index (κ1) is 28.6. The Morgan fingerprint density at radius 1 is 1.22 bits per heavy atom. The number of pyridine rings is 1. The highest BCUT2D eigenvalue weighted by Crippen LogP contribution is 2.36. The molecule has 1 fully saturated rings. The number of hydrogen-bond acceptors (Lipinski definition) is 5. The van der Waals surface area contributed by atoms with E-state index < -0.39 is 18.0 Å². The van der Waals surface area contributed by atoms with E-state index in [-0.39, 0.29) is 28.9 Å². The lowest BCUT2D eigenvalue weighted by atomic mass is 9.92. The van der Waals surface area contributed by atoms with Crippen LogP contribution in [0.15, 0.2) is 36.4 Å². The van der Waals surface area contributed by atoms with Crippen molar-refractivity contribution in [1.29, 1.82) is 0 Å². The molecule has 0 saturated carbocycles. The zero-order valence-corrected chi connectivity index (χ0v) is 21.9.